The van der Waals surface area contributed by atoms with Gasteiger partial charge in [-0.1, -0.05) is 59.6 Å². The third-order valence-electron chi connectivity index (χ3n) is 3.50. The van der Waals surface area contributed by atoms with Crippen molar-refractivity contribution in [3.8, 4) is 23.0 Å². The average Bonchev–Trinajstić information content (AvgIpc) is 2.87. The summed E-state index contributed by atoms with van der Waals surface area (Å²) in [5.41, 5.74) is 4.55. The number of hydrogen-bond donors (Lipinski definition) is 0. The van der Waals surface area contributed by atoms with Crippen LogP contribution in [0.25, 0.3) is 16.9 Å². The molecule has 0 unspecified atom stereocenters. The molecule has 1 aromatic heterocycles. The molecule has 0 amide bonds. The van der Waals surface area contributed by atoms with Gasteiger partial charge in [0.05, 0.1) is 23.9 Å². The minimum Gasteiger partial charge on any atom is -0.221 e. The van der Waals surface area contributed by atoms with E-state index in [0.29, 0.717) is 5.15 Å². The third kappa shape index (κ3) is 2.61. The number of hydrogen-bond acceptors (Lipinski definition) is 2. The molecule has 0 fully saturated rings. The summed E-state index contributed by atoms with van der Waals surface area (Å²) in [6.45, 7) is 2.04. The van der Waals surface area contributed by atoms with Crippen LogP contribution in [-0.4, -0.2) is 9.78 Å². The lowest BCUT2D eigenvalue weighted by molar-refractivity contribution is 0.884. The standard InChI is InChI=1S/C18H14ClN3/c1-13-7-9-14(10-8-13)17-16(11-12-20)18(19)22(21-17)15-5-3-2-4-6-15/h2-10H,11H2,1H3. The first-order valence-corrected chi connectivity index (χ1v) is 7.35. The minimum absolute atomic E-state index is 0.231. The summed E-state index contributed by atoms with van der Waals surface area (Å²) in [7, 11) is 0. The van der Waals surface area contributed by atoms with E-state index >= 15 is 0 Å². The first-order chi connectivity index (χ1) is 10.7. The molecule has 108 valence electrons. The summed E-state index contributed by atoms with van der Waals surface area (Å²) < 4.78 is 1.68. The summed E-state index contributed by atoms with van der Waals surface area (Å²) in [5, 5.41) is 14.2. The van der Waals surface area contributed by atoms with E-state index in [-0.39, 0.29) is 6.42 Å². The Morgan fingerprint density at radius 2 is 1.77 bits per heavy atom. The number of rotatable bonds is 3. The van der Waals surface area contributed by atoms with Crippen molar-refractivity contribution in [2.45, 2.75) is 13.3 Å². The lowest BCUT2D eigenvalue weighted by Crippen LogP contribution is -1.96. The van der Waals surface area contributed by atoms with E-state index in [0.717, 1.165) is 22.5 Å². The second-order valence-electron chi connectivity index (χ2n) is 5.07. The second-order valence-corrected chi connectivity index (χ2v) is 5.42. The molecule has 0 spiro atoms. The number of benzene rings is 2. The Morgan fingerprint density at radius 1 is 1.09 bits per heavy atom. The number of para-hydroxylation sites is 1. The van der Waals surface area contributed by atoms with Gasteiger partial charge in [-0.05, 0) is 19.1 Å². The maximum Gasteiger partial charge on any atom is 0.137 e. The molecule has 0 aliphatic carbocycles. The monoisotopic (exact) mass is 307 g/mol. The van der Waals surface area contributed by atoms with Gasteiger partial charge in [0.25, 0.3) is 0 Å². The highest BCUT2D eigenvalue weighted by molar-refractivity contribution is 6.31. The lowest BCUT2D eigenvalue weighted by Gasteiger charge is -2.02. The van der Waals surface area contributed by atoms with Crippen molar-refractivity contribution in [2.24, 2.45) is 0 Å². The molecule has 0 aliphatic heterocycles. The van der Waals surface area contributed by atoms with Crippen molar-refractivity contribution in [2.75, 3.05) is 0 Å². The van der Waals surface area contributed by atoms with Crippen LogP contribution in [0.1, 0.15) is 11.1 Å². The predicted octanol–water partition coefficient (Wildman–Crippen LogP) is 4.57. The molecular weight excluding hydrogens is 294 g/mol. The van der Waals surface area contributed by atoms with Crippen LogP contribution < -0.4 is 0 Å². The van der Waals surface area contributed by atoms with E-state index in [9.17, 15) is 0 Å². The van der Waals surface area contributed by atoms with Gasteiger partial charge < -0.3 is 0 Å². The maximum absolute atomic E-state index is 9.09. The van der Waals surface area contributed by atoms with Crippen LogP contribution in [0.3, 0.4) is 0 Å². The quantitative estimate of drug-likeness (QED) is 0.711. The molecular formula is C18H14ClN3. The third-order valence-corrected chi connectivity index (χ3v) is 3.89. The van der Waals surface area contributed by atoms with E-state index in [1.165, 1.54) is 5.56 Å². The molecule has 0 aliphatic rings. The van der Waals surface area contributed by atoms with Crippen LogP contribution in [0.15, 0.2) is 54.6 Å². The highest BCUT2D eigenvalue weighted by atomic mass is 35.5. The summed E-state index contributed by atoms with van der Waals surface area (Å²) in [6.07, 6.45) is 0.231. The van der Waals surface area contributed by atoms with Crippen molar-refractivity contribution >= 4 is 11.6 Å². The summed E-state index contributed by atoms with van der Waals surface area (Å²) in [6, 6.07) is 19.9. The van der Waals surface area contributed by atoms with Gasteiger partial charge >= 0.3 is 0 Å². The van der Waals surface area contributed by atoms with Gasteiger partial charge in [0, 0.05) is 11.1 Å². The van der Waals surface area contributed by atoms with Crippen LogP contribution in [-0.2, 0) is 6.42 Å². The number of nitriles is 1. The topological polar surface area (TPSA) is 41.6 Å². The number of aromatic nitrogens is 2. The Hall–Kier alpha value is -2.57. The zero-order valence-corrected chi connectivity index (χ0v) is 12.9. The SMILES string of the molecule is Cc1ccc(-c2nn(-c3ccccc3)c(Cl)c2CC#N)cc1. The molecule has 0 saturated carbocycles. The fourth-order valence-electron chi connectivity index (χ4n) is 2.35. The minimum atomic E-state index is 0.231. The molecule has 2 aromatic carbocycles. The Balaban J connectivity index is 2.18. The van der Waals surface area contributed by atoms with Gasteiger partial charge in [-0.3, -0.25) is 0 Å². The summed E-state index contributed by atoms with van der Waals surface area (Å²) in [5.74, 6) is 0. The normalized spacial score (nSPS) is 10.4. The van der Waals surface area contributed by atoms with E-state index in [1.54, 1.807) is 4.68 Å². The summed E-state index contributed by atoms with van der Waals surface area (Å²) >= 11 is 6.47. The molecule has 3 rings (SSSR count). The molecule has 0 radical (unpaired) electrons. The molecule has 3 nitrogen and oxygen atoms in total. The van der Waals surface area contributed by atoms with Gasteiger partial charge in [-0.2, -0.15) is 10.4 Å². The number of aryl methyl sites for hydroxylation is 1. The van der Waals surface area contributed by atoms with Crippen LogP contribution >= 0.6 is 11.6 Å². The zero-order valence-electron chi connectivity index (χ0n) is 12.1. The first kappa shape index (κ1) is 14.4. The molecule has 4 heteroatoms. The van der Waals surface area contributed by atoms with Gasteiger partial charge in [-0.15, -0.1) is 0 Å². The van der Waals surface area contributed by atoms with Gasteiger partial charge in [0.15, 0.2) is 0 Å². The van der Waals surface area contributed by atoms with Crippen molar-refractivity contribution in [1.82, 2.24) is 9.78 Å². The van der Waals surface area contributed by atoms with Crippen LogP contribution in [0.5, 0.6) is 0 Å². The van der Waals surface area contributed by atoms with E-state index < -0.39 is 0 Å². The molecule has 0 saturated heterocycles. The smallest absolute Gasteiger partial charge is 0.137 e. The zero-order chi connectivity index (χ0) is 15.5. The van der Waals surface area contributed by atoms with E-state index in [1.807, 2.05) is 61.5 Å². The molecule has 0 N–H and O–H groups in total. The van der Waals surface area contributed by atoms with Gasteiger partial charge in [0.1, 0.15) is 5.15 Å². The Bertz CT molecular complexity index is 827. The van der Waals surface area contributed by atoms with Gasteiger partial charge in [-0.25, -0.2) is 4.68 Å². The highest BCUT2D eigenvalue weighted by Crippen LogP contribution is 2.31. The fourth-order valence-corrected chi connectivity index (χ4v) is 2.64. The fraction of sp³-hybridized carbons (Fsp3) is 0.111. The highest BCUT2D eigenvalue weighted by Gasteiger charge is 2.18. The van der Waals surface area contributed by atoms with Crippen molar-refractivity contribution in [3.05, 3.63) is 70.9 Å². The maximum atomic E-state index is 9.09. The van der Waals surface area contributed by atoms with Crippen molar-refractivity contribution in [3.63, 3.8) is 0 Å². The lowest BCUT2D eigenvalue weighted by atomic mass is 10.1. The predicted molar refractivity (Wildman–Crippen MR) is 88.1 cm³/mol. The van der Waals surface area contributed by atoms with Gasteiger partial charge in [0.2, 0.25) is 0 Å². The Kier molecular flexibility index (Phi) is 3.95. The molecule has 0 bridgehead atoms. The largest absolute Gasteiger partial charge is 0.221 e. The Labute approximate surface area is 134 Å². The number of halogens is 1. The van der Waals surface area contributed by atoms with Crippen LogP contribution in [0.4, 0.5) is 0 Å². The van der Waals surface area contributed by atoms with E-state index in [2.05, 4.69) is 11.2 Å². The molecule has 1 heterocycles. The first-order valence-electron chi connectivity index (χ1n) is 6.97. The van der Waals surface area contributed by atoms with Crippen LogP contribution in [0, 0.1) is 18.3 Å². The second kappa shape index (κ2) is 6.05. The summed E-state index contributed by atoms with van der Waals surface area (Å²) in [4.78, 5) is 0. The van der Waals surface area contributed by atoms with Crippen molar-refractivity contribution in [1.29, 1.82) is 5.26 Å². The number of nitrogens with zero attached hydrogens (tertiary/aromatic N) is 3. The Morgan fingerprint density at radius 3 is 2.41 bits per heavy atom. The van der Waals surface area contributed by atoms with Crippen molar-refractivity contribution < 1.29 is 0 Å². The van der Waals surface area contributed by atoms with Crippen LogP contribution in [0.2, 0.25) is 5.15 Å². The molecule has 3 aromatic rings. The van der Waals surface area contributed by atoms with E-state index in [4.69, 9.17) is 16.9 Å². The molecule has 0 atom stereocenters. The average molecular weight is 308 g/mol. The molecule has 22 heavy (non-hydrogen) atoms.